The average Bonchev–Trinajstić information content (AvgIpc) is 3.36. The van der Waals surface area contributed by atoms with E-state index in [0.29, 0.717) is 55.8 Å². The summed E-state index contributed by atoms with van der Waals surface area (Å²) in [5.74, 6) is -1.39. The highest BCUT2D eigenvalue weighted by Gasteiger charge is 2.29. The molecule has 3 aromatic carbocycles. The van der Waals surface area contributed by atoms with E-state index in [-0.39, 0.29) is 53.6 Å². The van der Waals surface area contributed by atoms with Crippen LogP contribution in [0.4, 0.5) is 0 Å². The van der Waals surface area contributed by atoms with Crippen LogP contribution in [0.2, 0.25) is 0 Å². The van der Waals surface area contributed by atoms with Gasteiger partial charge >= 0.3 is 35.8 Å². The Balaban J connectivity index is 0.000000217. The predicted molar refractivity (Wildman–Crippen MR) is 251 cm³/mol. The molecule has 3 aliphatic rings. The van der Waals surface area contributed by atoms with Crippen LogP contribution in [0.1, 0.15) is 162 Å². The van der Waals surface area contributed by atoms with Crippen LogP contribution < -0.4 is 0 Å². The minimum Gasteiger partial charge on any atom is -0.465 e. The Hall–Kier alpha value is -5.52. The van der Waals surface area contributed by atoms with Gasteiger partial charge in [0.15, 0.2) is 0 Å². The van der Waals surface area contributed by atoms with Gasteiger partial charge in [0.05, 0.1) is 75.6 Å². The number of carbonyl (C=O) groups excluding carboxylic acids is 6. The van der Waals surface area contributed by atoms with Crippen molar-refractivity contribution >= 4 is 35.8 Å². The molecule has 0 saturated heterocycles. The second-order valence-corrected chi connectivity index (χ2v) is 17.4. The molecule has 0 fully saturated rings. The zero-order chi connectivity index (χ0) is 47.8. The number of ether oxygens (including phenoxy) is 6. The fraction of sp³-hybridized carbons (Fsp3) is 0.556. The summed E-state index contributed by atoms with van der Waals surface area (Å²) in [4.78, 5) is 70.8. The van der Waals surface area contributed by atoms with E-state index in [1.54, 1.807) is 18.2 Å². The number of unbranched alkanes of at least 4 members (excludes halogenated alkanes) is 6. The summed E-state index contributed by atoms with van der Waals surface area (Å²) >= 11 is 0. The van der Waals surface area contributed by atoms with Gasteiger partial charge < -0.3 is 28.4 Å². The second-order valence-electron chi connectivity index (χ2n) is 17.4. The van der Waals surface area contributed by atoms with Gasteiger partial charge in [-0.2, -0.15) is 0 Å². The molecule has 0 heterocycles. The molecular weight excluding hydrogens is 841 g/mol. The fourth-order valence-corrected chi connectivity index (χ4v) is 8.56. The van der Waals surface area contributed by atoms with Crippen molar-refractivity contribution in [3.8, 4) is 0 Å². The van der Waals surface area contributed by atoms with Crippen molar-refractivity contribution in [1.29, 1.82) is 0 Å². The Kier molecular flexibility index (Phi) is 22.9. The molecular formula is C54H72O12. The summed E-state index contributed by atoms with van der Waals surface area (Å²) in [5.41, 5.74) is 8.52. The van der Waals surface area contributed by atoms with Crippen LogP contribution in [0, 0.1) is 17.8 Å². The van der Waals surface area contributed by atoms with Crippen LogP contribution in [0.5, 0.6) is 0 Å². The van der Waals surface area contributed by atoms with E-state index < -0.39 is 0 Å². The predicted octanol–water partition coefficient (Wildman–Crippen LogP) is 9.93. The first-order chi connectivity index (χ1) is 32.0. The average molecular weight is 913 g/mol. The molecule has 3 unspecified atom stereocenters. The summed E-state index contributed by atoms with van der Waals surface area (Å²) in [6.45, 7) is 7.85. The van der Waals surface area contributed by atoms with Crippen molar-refractivity contribution in [3.05, 3.63) is 105 Å². The van der Waals surface area contributed by atoms with E-state index in [0.717, 1.165) is 110 Å². The molecule has 3 atom stereocenters. The van der Waals surface area contributed by atoms with Crippen molar-refractivity contribution in [2.75, 3.05) is 41.2 Å². The summed E-state index contributed by atoms with van der Waals surface area (Å²) in [6, 6.07) is 16.7. The lowest BCUT2D eigenvalue weighted by atomic mass is 9.83. The Labute approximate surface area is 391 Å². The summed E-state index contributed by atoms with van der Waals surface area (Å²) in [7, 11) is 4.14. The minimum absolute atomic E-state index is 0.0573. The maximum atomic E-state index is 12.2. The molecule has 0 spiro atoms. The number of esters is 6. The van der Waals surface area contributed by atoms with Crippen molar-refractivity contribution in [2.24, 2.45) is 17.8 Å². The molecule has 0 radical (unpaired) electrons. The van der Waals surface area contributed by atoms with Crippen molar-refractivity contribution in [2.45, 2.75) is 136 Å². The topological polar surface area (TPSA) is 158 Å². The molecule has 360 valence electrons. The molecule has 3 aliphatic carbocycles. The number of rotatable bonds is 18. The van der Waals surface area contributed by atoms with Crippen LogP contribution in [-0.4, -0.2) is 77.0 Å². The fourth-order valence-electron chi connectivity index (χ4n) is 8.56. The third-order valence-electron chi connectivity index (χ3n) is 12.5. The normalized spacial score (nSPS) is 16.7. The highest BCUT2D eigenvalue weighted by atomic mass is 16.5. The smallest absolute Gasteiger partial charge is 0.337 e. The maximum absolute atomic E-state index is 12.2. The first kappa shape index (κ1) is 53.1. The van der Waals surface area contributed by atoms with Crippen molar-refractivity contribution in [1.82, 2.24) is 0 Å². The number of aryl methyl sites for hydroxylation is 3. The van der Waals surface area contributed by atoms with Gasteiger partial charge in [0.25, 0.3) is 0 Å². The zero-order valence-corrected chi connectivity index (χ0v) is 40.2. The third kappa shape index (κ3) is 16.4. The van der Waals surface area contributed by atoms with E-state index in [9.17, 15) is 28.8 Å². The number of hydrogen-bond donors (Lipinski definition) is 0. The number of carbonyl (C=O) groups is 6. The Morgan fingerprint density at radius 1 is 0.409 bits per heavy atom. The van der Waals surface area contributed by atoms with Crippen LogP contribution >= 0.6 is 0 Å². The first-order valence-electron chi connectivity index (χ1n) is 24.1. The molecule has 0 saturated carbocycles. The Morgan fingerprint density at radius 2 is 0.727 bits per heavy atom. The quantitative estimate of drug-likeness (QED) is 0.0677. The van der Waals surface area contributed by atoms with Crippen LogP contribution in [0.25, 0.3) is 0 Å². The molecule has 12 nitrogen and oxygen atoms in total. The monoisotopic (exact) mass is 913 g/mol. The summed E-state index contributed by atoms with van der Waals surface area (Å²) in [6.07, 6.45) is 16.6. The van der Waals surface area contributed by atoms with Crippen LogP contribution in [0.3, 0.4) is 0 Å². The SMILES string of the molecule is CCCCCCCOC(=O)C1CCc2cc(C(=O)OC)ccc2C1.CCCCCOC(=O)C1CCc2cc(C(=O)OC)ccc2C1.CCCOC(=O)C1CCc2cc(C(=O)OC)ccc2C1. The molecule has 0 N–H and O–H groups in total. The van der Waals surface area contributed by atoms with Gasteiger partial charge in [-0.15, -0.1) is 0 Å². The highest BCUT2D eigenvalue weighted by molar-refractivity contribution is 5.91. The van der Waals surface area contributed by atoms with E-state index >= 15 is 0 Å². The maximum Gasteiger partial charge on any atom is 0.337 e. The van der Waals surface area contributed by atoms with Gasteiger partial charge in [-0.1, -0.05) is 77.5 Å². The van der Waals surface area contributed by atoms with Gasteiger partial charge in [0.1, 0.15) is 0 Å². The van der Waals surface area contributed by atoms with E-state index in [1.807, 2.05) is 43.3 Å². The Morgan fingerprint density at radius 3 is 1.06 bits per heavy atom. The minimum atomic E-state index is -0.322. The molecule has 0 aliphatic heterocycles. The lowest BCUT2D eigenvalue weighted by Crippen LogP contribution is -2.25. The van der Waals surface area contributed by atoms with E-state index in [4.69, 9.17) is 28.4 Å². The number of benzene rings is 3. The zero-order valence-electron chi connectivity index (χ0n) is 40.2. The van der Waals surface area contributed by atoms with Gasteiger partial charge in [0, 0.05) is 0 Å². The van der Waals surface area contributed by atoms with Gasteiger partial charge in [0.2, 0.25) is 0 Å². The van der Waals surface area contributed by atoms with Crippen LogP contribution in [0.15, 0.2) is 54.6 Å². The molecule has 0 aromatic heterocycles. The lowest BCUT2D eigenvalue weighted by molar-refractivity contribution is -0.150. The van der Waals surface area contributed by atoms with E-state index in [2.05, 4.69) is 13.8 Å². The van der Waals surface area contributed by atoms with Crippen LogP contribution in [-0.2, 0) is 81.3 Å². The number of fused-ring (bicyclic) bond motifs is 3. The summed E-state index contributed by atoms with van der Waals surface area (Å²) in [5, 5.41) is 0. The third-order valence-corrected chi connectivity index (χ3v) is 12.5. The van der Waals surface area contributed by atoms with E-state index in [1.165, 1.54) is 40.6 Å². The van der Waals surface area contributed by atoms with Gasteiger partial charge in [-0.05, 0) is 147 Å². The molecule has 6 rings (SSSR count). The summed E-state index contributed by atoms with van der Waals surface area (Å²) < 4.78 is 30.2. The largest absolute Gasteiger partial charge is 0.465 e. The first-order valence-corrected chi connectivity index (χ1v) is 24.1. The molecule has 3 aromatic rings. The molecule has 66 heavy (non-hydrogen) atoms. The lowest BCUT2D eigenvalue weighted by Gasteiger charge is -2.23. The van der Waals surface area contributed by atoms with Crippen molar-refractivity contribution in [3.63, 3.8) is 0 Å². The highest BCUT2D eigenvalue weighted by Crippen LogP contribution is 2.30. The number of methoxy groups -OCH3 is 3. The van der Waals surface area contributed by atoms with Crippen molar-refractivity contribution < 1.29 is 57.2 Å². The molecule has 12 heteroatoms. The number of hydrogen-bond acceptors (Lipinski definition) is 12. The molecule has 0 bridgehead atoms. The standard InChI is InChI=1S/C20H28O4.C18H24O4.C16H20O4/c1-3-4-5-6-7-12-24-20(22)18-11-9-15-13-17(19(21)23-2)10-8-16(15)14-18;1-3-4-5-10-22-18(20)16-9-7-13-11-15(17(19)21-2)8-6-14(13)12-16;1-3-8-20-16(18)14-7-5-11-9-13(15(17)19-2)6-4-12(11)10-14/h8,10,13,18H,3-7,9,11-12,14H2,1-2H3;6,8,11,16H,3-5,7,9-10,12H2,1-2H3;4,6,9,14H,3,5,7-8,10H2,1-2H3. The molecule has 0 amide bonds. The Bertz CT molecular complexity index is 2070. The second kappa shape index (κ2) is 28.5. The van der Waals surface area contributed by atoms with Gasteiger partial charge in [-0.3, -0.25) is 14.4 Å². The van der Waals surface area contributed by atoms with Gasteiger partial charge in [-0.25, -0.2) is 14.4 Å².